The number of carbonyl (C=O) groups excluding carboxylic acids is 2. The van der Waals surface area contributed by atoms with Gasteiger partial charge in [0, 0.05) is 37.7 Å². The fourth-order valence-corrected chi connectivity index (χ4v) is 2.60. The number of piperazine rings is 1. The lowest BCUT2D eigenvalue weighted by Crippen LogP contribution is -2.51. The van der Waals surface area contributed by atoms with Gasteiger partial charge in [0.05, 0.1) is 10.0 Å². The summed E-state index contributed by atoms with van der Waals surface area (Å²) in [5.74, 6) is 0.0455. The van der Waals surface area contributed by atoms with Gasteiger partial charge < -0.3 is 9.80 Å². The minimum Gasteiger partial charge on any atom is -0.339 e. The molecule has 0 unspecified atom stereocenters. The van der Waals surface area contributed by atoms with Gasteiger partial charge in [0.1, 0.15) is 0 Å². The predicted molar refractivity (Wildman–Crippen MR) is 83.8 cm³/mol. The maximum atomic E-state index is 12.4. The molecule has 2 rings (SSSR count). The Morgan fingerprint density at radius 3 is 2.10 bits per heavy atom. The number of nitrogens with zero attached hydrogens (tertiary/aromatic N) is 2. The minimum atomic E-state index is -0.0785. The maximum Gasteiger partial charge on any atom is 0.254 e. The van der Waals surface area contributed by atoms with Crippen molar-refractivity contribution in [1.82, 2.24) is 9.80 Å². The molecule has 1 aromatic carbocycles. The first kappa shape index (κ1) is 16.1. The van der Waals surface area contributed by atoms with E-state index in [2.05, 4.69) is 0 Å². The zero-order valence-electron chi connectivity index (χ0n) is 12.1. The Hall–Kier alpha value is -1.26. The monoisotopic (exact) mass is 328 g/mol. The highest BCUT2D eigenvalue weighted by Gasteiger charge is 2.26. The van der Waals surface area contributed by atoms with Crippen LogP contribution in [-0.4, -0.2) is 47.8 Å². The van der Waals surface area contributed by atoms with Gasteiger partial charge >= 0.3 is 0 Å². The first-order valence-corrected chi connectivity index (χ1v) is 7.69. The molecular weight excluding hydrogens is 311 g/mol. The van der Waals surface area contributed by atoms with E-state index < -0.39 is 0 Å². The molecule has 1 saturated heterocycles. The molecule has 21 heavy (non-hydrogen) atoms. The van der Waals surface area contributed by atoms with Crippen molar-refractivity contribution in [1.29, 1.82) is 0 Å². The lowest BCUT2D eigenvalue weighted by atomic mass is 10.1. The first-order chi connectivity index (χ1) is 9.90. The largest absolute Gasteiger partial charge is 0.339 e. The second-order valence-electron chi connectivity index (χ2n) is 5.40. The third-order valence-corrected chi connectivity index (χ3v) is 4.28. The molecule has 0 bridgehead atoms. The standard InChI is InChI=1S/C15H18Cl2N2O2/c1-10(2)14(20)18-5-7-19(8-6-18)15(21)11-3-4-12(16)13(17)9-11/h3-4,9-10H,5-8H2,1-2H3. The van der Waals surface area contributed by atoms with Crippen molar-refractivity contribution in [3.8, 4) is 0 Å². The van der Waals surface area contributed by atoms with E-state index in [1.165, 1.54) is 0 Å². The van der Waals surface area contributed by atoms with Crippen LogP contribution in [0.25, 0.3) is 0 Å². The Labute approximate surface area is 134 Å². The van der Waals surface area contributed by atoms with Crippen LogP contribution in [0.1, 0.15) is 24.2 Å². The smallest absolute Gasteiger partial charge is 0.254 e. The summed E-state index contributed by atoms with van der Waals surface area (Å²) >= 11 is 11.8. The summed E-state index contributed by atoms with van der Waals surface area (Å²) in [6.07, 6.45) is 0. The van der Waals surface area contributed by atoms with Crippen molar-refractivity contribution in [2.24, 2.45) is 5.92 Å². The summed E-state index contributed by atoms with van der Waals surface area (Å²) in [7, 11) is 0. The Bertz CT molecular complexity index is 553. The summed E-state index contributed by atoms with van der Waals surface area (Å²) < 4.78 is 0. The van der Waals surface area contributed by atoms with Gasteiger partial charge in [-0.3, -0.25) is 9.59 Å². The van der Waals surface area contributed by atoms with Gasteiger partial charge in [-0.25, -0.2) is 0 Å². The molecular formula is C15H18Cl2N2O2. The van der Waals surface area contributed by atoms with Crippen LogP contribution < -0.4 is 0 Å². The molecule has 0 atom stereocenters. The molecule has 1 heterocycles. The van der Waals surface area contributed by atoms with E-state index in [0.29, 0.717) is 41.8 Å². The Kier molecular flexibility index (Phi) is 5.12. The molecule has 4 nitrogen and oxygen atoms in total. The summed E-state index contributed by atoms with van der Waals surface area (Å²) in [6.45, 7) is 5.99. The van der Waals surface area contributed by atoms with Crippen LogP contribution in [-0.2, 0) is 4.79 Å². The maximum absolute atomic E-state index is 12.4. The molecule has 1 aliphatic heterocycles. The van der Waals surface area contributed by atoms with Crippen LogP contribution in [0.15, 0.2) is 18.2 Å². The first-order valence-electron chi connectivity index (χ1n) is 6.93. The molecule has 1 fully saturated rings. The normalized spacial score (nSPS) is 15.5. The molecule has 114 valence electrons. The Morgan fingerprint density at radius 2 is 1.57 bits per heavy atom. The number of hydrogen-bond donors (Lipinski definition) is 0. The van der Waals surface area contributed by atoms with E-state index in [4.69, 9.17) is 23.2 Å². The second kappa shape index (κ2) is 6.67. The summed E-state index contributed by atoms with van der Waals surface area (Å²) in [5.41, 5.74) is 0.521. The Balaban J connectivity index is 2.00. The summed E-state index contributed by atoms with van der Waals surface area (Å²) in [6, 6.07) is 4.87. The molecule has 0 spiro atoms. The van der Waals surface area contributed by atoms with Crippen molar-refractivity contribution in [2.75, 3.05) is 26.2 Å². The van der Waals surface area contributed by atoms with Crippen molar-refractivity contribution < 1.29 is 9.59 Å². The highest BCUT2D eigenvalue weighted by atomic mass is 35.5. The number of carbonyl (C=O) groups is 2. The van der Waals surface area contributed by atoms with Gasteiger partial charge in [0.15, 0.2) is 0 Å². The number of amides is 2. The van der Waals surface area contributed by atoms with Crippen molar-refractivity contribution in [3.63, 3.8) is 0 Å². The average Bonchev–Trinajstić information content (AvgIpc) is 2.48. The van der Waals surface area contributed by atoms with Gasteiger partial charge in [0.25, 0.3) is 5.91 Å². The SMILES string of the molecule is CC(C)C(=O)N1CCN(C(=O)c2ccc(Cl)c(Cl)c2)CC1. The summed E-state index contributed by atoms with van der Waals surface area (Å²) in [4.78, 5) is 27.9. The molecule has 0 aliphatic carbocycles. The van der Waals surface area contributed by atoms with Crippen LogP contribution in [0.5, 0.6) is 0 Å². The zero-order valence-corrected chi connectivity index (χ0v) is 13.6. The highest BCUT2D eigenvalue weighted by Crippen LogP contribution is 2.23. The van der Waals surface area contributed by atoms with Gasteiger partial charge in [-0.05, 0) is 18.2 Å². The zero-order chi connectivity index (χ0) is 15.6. The quantitative estimate of drug-likeness (QED) is 0.837. The number of rotatable bonds is 2. The van der Waals surface area contributed by atoms with Gasteiger partial charge in [-0.15, -0.1) is 0 Å². The van der Waals surface area contributed by atoms with Gasteiger partial charge in [-0.1, -0.05) is 37.0 Å². The summed E-state index contributed by atoms with van der Waals surface area (Å²) in [5, 5.41) is 0.803. The van der Waals surface area contributed by atoms with Crippen LogP contribution in [0.3, 0.4) is 0 Å². The van der Waals surface area contributed by atoms with Crippen LogP contribution >= 0.6 is 23.2 Å². The average molecular weight is 329 g/mol. The third-order valence-electron chi connectivity index (χ3n) is 3.54. The fraction of sp³-hybridized carbons (Fsp3) is 0.467. The van der Waals surface area contributed by atoms with Crippen LogP contribution in [0.2, 0.25) is 10.0 Å². The molecule has 6 heteroatoms. The molecule has 1 aliphatic rings. The lowest BCUT2D eigenvalue weighted by Gasteiger charge is -2.35. The van der Waals surface area contributed by atoms with Gasteiger partial charge in [-0.2, -0.15) is 0 Å². The number of hydrogen-bond acceptors (Lipinski definition) is 2. The molecule has 1 aromatic rings. The van der Waals surface area contributed by atoms with Crippen molar-refractivity contribution in [2.45, 2.75) is 13.8 Å². The predicted octanol–water partition coefficient (Wildman–Crippen LogP) is 2.93. The van der Waals surface area contributed by atoms with E-state index >= 15 is 0 Å². The minimum absolute atomic E-state index is 0.0117. The lowest BCUT2D eigenvalue weighted by molar-refractivity contribution is -0.135. The number of benzene rings is 1. The topological polar surface area (TPSA) is 40.6 Å². The Morgan fingerprint density at radius 1 is 1.00 bits per heavy atom. The second-order valence-corrected chi connectivity index (χ2v) is 6.22. The van der Waals surface area contributed by atoms with Crippen LogP contribution in [0.4, 0.5) is 0 Å². The van der Waals surface area contributed by atoms with E-state index in [1.54, 1.807) is 23.1 Å². The van der Waals surface area contributed by atoms with E-state index in [9.17, 15) is 9.59 Å². The molecule has 0 N–H and O–H groups in total. The fourth-order valence-electron chi connectivity index (χ4n) is 2.31. The van der Waals surface area contributed by atoms with E-state index in [0.717, 1.165) is 0 Å². The molecule has 0 saturated carbocycles. The van der Waals surface area contributed by atoms with E-state index in [-0.39, 0.29) is 17.7 Å². The van der Waals surface area contributed by atoms with Crippen LogP contribution in [0, 0.1) is 5.92 Å². The third kappa shape index (κ3) is 3.69. The highest BCUT2D eigenvalue weighted by molar-refractivity contribution is 6.42. The molecule has 2 amide bonds. The van der Waals surface area contributed by atoms with E-state index in [1.807, 2.05) is 18.7 Å². The van der Waals surface area contributed by atoms with Gasteiger partial charge in [0.2, 0.25) is 5.91 Å². The van der Waals surface area contributed by atoms with Crippen molar-refractivity contribution in [3.05, 3.63) is 33.8 Å². The molecule has 0 aromatic heterocycles. The van der Waals surface area contributed by atoms with Crippen molar-refractivity contribution >= 4 is 35.0 Å². The number of halogens is 2. The molecule has 0 radical (unpaired) electrons.